The van der Waals surface area contributed by atoms with Gasteiger partial charge in [0, 0.05) is 26.1 Å². The van der Waals surface area contributed by atoms with Crippen LogP contribution in [0.1, 0.15) is 38.5 Å². The van der Waals surface area contributed by atoms with E-state index in [9.17, 15) is 27.6 Å². The van der Waals surface area contributed by atoms with Crippen molar-refractivity contribution in [3.8, 4) is 12.3 Å². The molecule has 186 valence electrons. The third kappa shape index (κ3) is 10.6. The van der Waals surface area contributed by atoms with Gasteiger partial charge in [0.1, 0.15) is 5.92 Å². The standard InChI is InChI=1S/C19H29N3O4.C2HF3O2/c1-2-15(19(25)26)12-21-18(24)16-4-3-11-22(13-16)17(23)6-5-14-7-9-20-10-8-14;3-2(4,5)1(6)7/h1,14-16,20H,3-13H2,(H,21,24)(H,25,26);(H,6,7)/t15-,16-;/m0./s1. The number of nitrogens with zero attached hydrogens (tertiary/aromatic N) is 1. The molecule has 2 atom stereocenters. The maximum atomic E-state index is 12.5. The van der Waals surface area contributed by atoms with E-state index >= 15 is 0 Å². The second kappa shape index (κ2) is 13.7. The first-order valence-corrected chi connectivity index (χ1v) is 10.7. The molecule has 2 aliphatic heterocycles. The van der Waals surface area contributed by atoms with Crippen molar-refractivity contribution in [2.45, 2.75) is 44.7 Å². The number of carbonyl (C=O) groups is 4. The molecule has 0 saturated carbocycles. The van der Waals surface area contributed by atoms with Crippen LogP contribution in [0.5, 0.6) is 0 Å². The second-order valence-electron chi connectivity index (χ2n) is 8.02. The molecule has 2 saturated heterocycles. The summed E-state index contributed by atoms with van der Waals surface area (Å²) in [4.78, 5) is 46.4. The number of rotatable bonds is 7. The number of hydrogen-bond donors (Lipinski definition) is 4. The zero-order valence-electron chi connectivity index (χ0n) is 18.2. The Morgan fingerprint density at radius 3 is 2.27 bits per heavy atom. The maximum absolute atomic E-state index is 12.5. The van der Waals surface area contributed by atoms with Crippen LogP contribution in [0.15, 0.2) is 0 Å². The Morgan fingerprint density at radius 2 is 1.76 bits per heavy atom. The van der Waals surface area contributed by atoms with Gasteiger partial charge in [-0.25, -0.2) is 4.79 Å². The van der Waals surface area contributed by atoms with E-state index in [1.807, 2.05) is 0 Å². The number of aliphatic carboxylic acids is 2. The quantitative estimate of drug-likeness (QED) is 0.403. The Kier molecular flexibility index (Phi) is 11.7. The van der Waals surface area contributed by atoms with Crippen molar-refractivity contribution in [3.63, 3.8) is 0 Å². The number of halogens is 3. The lowest BCUT2D eigenvalue weighted by atomic mass is 9.92. The molecule has 0 bridgehead atoms. The SMILES string of the molecule is C#C[C@@H](CNC(=O)[C@H]1CCCN(C(=O)CCC2CCNCC2)C1)C(=O)O.O=C(O)C(F)(F)F. The lowest BCUT2D eigenvalue weighted by Crippen LogP contribution is -2.46. The van der Waals surface area contributed by atoms with Crippen molar-refractivity contribution in [2.75, 3.05) is 32.7 Å². The van der Waals surface area contributed by atoms with E-state index in [0.29, 0.717) is 31.8 Å². The lowest BCUT2D eigenvalue weighted by Gasteiger charge is -2.33. The molecule has 12 heteroatoms. The van der Waals surface area contributed by atoms with Crippen molar-refractivity contribution in [1.82, 2.24) is 15.5 Å². The van der Waals surface area contributed by atoms with E-state index in [1.54, 1.807) is 4.90 Å². The largest absolute Gasteiger partial charge is 0.490 e. The highest BCUT2D eigenvalue weighted by atomic mass is 19.4. The van der Waals surface area contributed by atoms with E-state index < -0.39 is 24.0 Å². The van der Waals surface area contributed by atoms with Crippen LogP contribution in [-0.4, -0.2) is 77.8 Å². The zero-order chi connectivity index (χ0) is 25.0. The fourth-order valence-electron chi connectivity index (χ4n) is 3.64. The number of nitrogens with one attached hydrogen (secondary N) is 2. The number of carboxylic acid groups (broad SMARTS) is 2. The van der Waals surface area contributed by atoms with Crippen molar-refractivity contribution < 1.29 is 42.6 Å². The summed E-state index contributed by atoms with van der Waals surface area (Å²) in [5.41, 5.74) is 0. The minimum Gasteiger partial charge on any atom is -0.480 e. The number of amides is 2. The van der Waals surface area contributed by atoms with Crippen molar-refractivity contribution >= 4 is 23.8 Å². The van der Waals surface area contributed by atoms with Gasteiger partial charge in [-0.2, -0.15) is 13.2 Å². The number of carbonyl (C=O) groups excluding carboxylic acids is 2. The molecule has 0 aromatic carbocycles. The number of likely N-dealkylation sites (tertiary alicyclic amines) is 1. The summed E-state index contributed by atoms with van der Waals surface area (Å²) < 4.78 is 31.7. The van der Waals surface area contributed by atoms with Crippen LogP contribution in [0.3, 0.4) is 0 Å². The Labute approximate surface area is 190 Å². The number of alkyl halides is 3. The molecule has 4 N–H and O–H groups in total. The molecule has 0 aromatic rings. The number of piperidine rings is 2. The first-order chi connectivity index (χ1) is 15.5. The molecule has 0 aromatic heterocycles. The summed E-state index contributed by atoms with van der Waals surface area (Å²) in [6, 6.07) is 0. The molecular weight excluding hydrogens is 447 g/mol. The first kappa shape index (κ1) is 28.2. The Morgan fingerprint density at radius 1 is 1.15 bits per heavy atom. The van der Waals surface area contributed by atoms with E-state index in [1.165, 1.54) is 0 Å². The molecule has 2 aliphatic rings. The van der Waals surface area contributed by atoms with Gasteiger partial charge in [0.25, 0.3) is 0 Å². The molecule has 0 spiro atoms. The summed E-state index contributed by atoms with van der Waals surface area (Å²) in [6.45, 7) is 3.08. The van der Waals surface area contributed by atoms with Crippen LogP contribution >= 0.6 is 0 Å². The molecule has 2 heterocycles. The van der Waals surface area contributed by atoms with E-state index in [2.05, 4.69) is 16.6 Å². The minimum absolute atomic E-state index is 0.0785. The highest BCUT2D eigenvalue weighted by Crippen LogP contribution is 2.21. The molecular formula is C21H30F3N3O6. The number of carboxylic acids is 2. The van der Waals surface area contributed by atoms with E-state index in [-0.39, 0.29) is 24.3 Å². The van der Waals surface area contributed by atoms with Gasteiger partial charge in [0.15, 0.2) is 0 Å². The first-order valence-electron chi connectivity index (χ1n) is 10.7. The van der Waals surface area contributed by atoms with Gasteiger partial charge in [-0.15, -0.1) is 6.42 Å². The molecule has 0 radical (unpaired) electrons. The van der Waals surface area contributed by atoms with E-state index in [4.69, 9.17) is 21.4 Å². The minimum atomic E-state index is -5.08. The van der Waals surface area contributed by atoms with Gasteiger partial charge in [-0.3, -0.25) is 14.4 Å². The summed E-state index contributed by atoms with van der Waals surface area (Å²) in [5, 5.41) is 22.0. The predicted octanol–water partition coefficient (Wildman–Crippen LogP) is 1.09. The monoisotopic (exact) mass is 477 g/mol. The Balaban J connectivity index is 0.000000675. The topological polar surface area (TPSA) is 136 Å². The molecule has 0 aliphatic carbocycles. The van der Waals surface area contributed by atoms with Gasteiger partial charge in [-0.1, -0.05) is 5.92 Å². The van der Waals surface area contributed by atoms with Gasteiger partial charge in [-0.05, 0) is 51.1 Å². The third-order valence-corrected chi connectivity index (χ3v) is 5.59. The molecule has 2 fully saturated rings. The summed E-state index contributed by atoms with van der Waals surface area (Å²) in [6.07, 6.45) is 5.26. The number of hydrogen-bond acceptors (Lipinski definition) is 5. The van der Waals surface area contributed by atoms with Gasteiger partial charge in [0.05, 0.1) is 5.92 Å². The van der Waals surface area contributed by atoms with Crippen molar-refractivity contribution in [2.24, 2.45) is 17.8 Å². The maximum Gasteiger partial charge on any atom is 0.490 e. The van der Waals surface area contributed by atoms with Gasteiger partial charge in [0.2, 0.25) is 11.8 Å². The molecule has 2 rings (SSSR count). The third-order valence-electron chi connectivity index (χ3n) is 5.59. The van der Waals surface area contributed by atoms with Crippen LogP contribution in [0.2, 0.25) is 0 Å². The summed E-state index contributed by atoms with van der Waals surface area (Å²) in [5.74, 6) is -2.53. The van der Waals surface area contributed by atoms with Gasteiger partial charge < -0.3 is 25.7 Å². The van der Waals surface area contributed by atoms with Gasteiger partial charge >= 0.3 is 18.1 Å². The zero-order valence-corrected chi connectivity index (χ0v) is 18.2. The highest BCUT2D eigenvalue weighted by molar-refractivity contribution is 5.82. The fourth-order valence-corrected chi connectivity index (χ4v) is 3.64. The van der Waals surface area contributed by atoms with Crippen LogP contribution in [0, 0.1) is 30.1 Å². The Hall–Kier alpha value is -2.81. The molecule has 2 amide bonds. The summed E-state index contributed by atoms with van der Waals surface area (Å²) in [7, 11) is 0. The van der Waals surface area contributed by atoms with E-state index in [0.717, 1.165) is 38.8 Å². The van der Waals surface area contributed by atoms with Crippen LogP contribution < -0.4 is 10.6 Å². The average molecular weight is 477 g/mol. The normalized spacial score (nSPS) is 19.9. The summed E-state index contributed by atoms with van der Waals surface area (Å²) >= 11 is 0. The predicted molar refractivity (Wildman–Crippen MR) is 111 cm³/mol. The second-order valence-corrected chi connectivity index (χ2v) is 8.02. The number of terminal acetylenes is 1. The van der Waals surface area contributed by atoms with Crippen molar-refractivity contribution in [3.05, 3.63) is 0 Å². The lowest BCUT2D eigenvalue weighted by molar-refractivity contribution is -0.192. The molecule has 33 heavy (non-hydrogen) atoms. The van der Waals surface area contributed by atoms with Crippen molar-refractivity contribution in [1.29, 1.82) is 0 Å². The average Bonchev–Trinajstić information content (AvgIpc) is 2.78. The van der Waals surface area contributed by atoms with Crippen LogP contribution in [-0.2, 0) is 19.2 Å². The molecule has 0 unspecified atom stereocenters. The van der Waals surface area contributed by atoms with Crippen LogP contribution in [0.4, 0.5) is 13.2 Å². The van der Waals surface area contributed by atoms with Crippen LogP contribution in [0.25, 0.3) is 0 Å². The molecule has 9 nitrogen and oxygen atoms in total. The smallest absolute Gasteiger partial charge is 0.480 e. The fraction of sp³-hybridized carbons (Fsp3) is 0.714. The highest BCUT2D eigenvalue weighted by Gasteiger charge is 2.38. The Bertz CT molecular complexity index is 732.